The van der Waals surface area contributed by atoms with Gasteiger partial charge < -0.3 is 0 Å². The zero-order valence-electron chi connectivity index (χ0n) is 11.3. The van der Waals surface area contributed by atoms with Crippen LogP contribution in [-0.4, -0.2) is 29.3 Å². The minimum Gasteiger partial charge on any atom is -0.293 e. The Morgan fingerprint density at radius 3 is 2.60 bits per heavy atom. The number of Topliss-reactive ketones (excluding diaryl/α,β-unsaturated/α-hetero) is 1. The summed E-state index contributed by atoms with van der Waals surface area (Å²) in [7, 11) is 1.89. The first kappa shape index (κ1) is 13.9. The average molecular weight is 265 g/mol. The zero-order valence-corrected chi connectivity index (χ0v) is 11.3. The van der Waals surface area contributed by atoms with Crippen LogP contribution in [0.15, 0.2) is 48.7 Å². The summed E-state index contributed by atoms with van der Waals surface area (Å²) in [5, 5.41) is 8.73. The summed E-state index contributed by atoms with van der Waals surface area (Å²) < 4.78 is 0. The van der Waals surface area contributed by atoms with Gasteiger partial charge in [0.25, 0.3) is 0 Å². The fraction of sp³-hybridized carbons (Fsp3) is 0.188. The summed E-state index contributed by atoms with van der Waals surface area (Å²) in [4.78, 5) is 18.3. The Hall–Kier alpha value is -2.51. The number of nitriles is 1. The number of benzene rings is 1. The third-order valence-electron chi connectivity index (χ3n) is 2.91. The minimum atomic E-state index is 0.0351. The van der Waals surface area contributed by atoms with E-state index in [4.69, 9.17) is 5.26 Å². The lowest BCUT2D eigenvalue weighted by molar-refractivity contribution is 0.0942. The maximum atomic E-state index is 12.1. The van der Waals surface area contributed by atoms with Crippen LogP contribution in [0.1, 0.15) is 21.6 Å². The predicted molar refractivity (Wildman–Crippen MR) is 76.1 cm³/mol. The number of nitrogens with zero attached hydrogens (tertiary/aromatic N) is 3. The van der Waals surface area contributed by atoms with Crippen molar-refractivity contribution in [1.82, 2.24) is 9.88 Å². The zero-order chi connectivity index (χ0) is 14.4. The molecule has 0 radical (unpaired) electrons. The number of carbonyl (C=O) groups is 1. The Bertz CT molecular complexity index is 614. The lowest BCUT2D eigenvalue weighted by atomic mass is 10.1. The van der Waals surface area contributed by atoms with Crippen molar-refractivity contribution in [3.63, 3.8) is 0 Å². The van der Waals surface area contributed by atoms with E-state index in [9.17, 15) is 4.79 Å². The van der Waals surface area contributed by atoms with Gasteiger partial charge in [-0.2, -0.15) is 5.26 Å². The van der Waals surface area contributed by atoms with Gasteiger partial charge in [-0.15, -0.1) is 0 Å². The summed E-state index contributed by atoms with van der Waals surface area (Å²) in [6.07, 6.45) is 1.74. The molecule has 4 heteroatoms. The first-order valence-corrected chi connectivity index (χ1v) is 6.31. The lowest BCUT2D eigenvalue weighted by Crippen LogP contribution is -2.26. The molecule has 0 amide bonds. The number of aromatic nitrogens is 1. The van der Waals surface area contributed by atoms with Crippen molar-refractivity contribution in [3.05, 3.63) is 65.5 Å². The summed E-state index contributed by atoms with van der Waals surface area (Å²) in [6, 6.07) is 14.5. The van der Waals surface area contributed by atoms with Crippen molar-refractivity contribution in [2.75, 3.05) is 13.6 Å². The molecular formula is C16H15N3O. The molecule has 2 rings (SSSR count). The van der Waals surface area contributed by atoms with Gasteiger partial charge in [0.15, 0.2) is 5.78 Å². The number of hydrogen-bond acceptors (Lipinski definition) is 4. The highest BCUT2D eigenvalue weighted by molar-refractivity contribution is 5.97. The maximum absolute atomic E-state index is 12.1. The standard InChI is InChI=1S/C16H15N3O/c1-19(11-15-4-2-3-9-18-15)12-16(20)14-7-5-13(10-17)6-8-14/h2-9H,11-12H2,1H3. The fourth-order valence-electron chi connectivity index (χ4n) is 1.89. The van der Waals surface area contributed by atoms with Crippen LogP contribution >= 0.6 is 0 Å². The Kier molecular flexibility index (Phi) is 4.59. The second-order valence-electron chi connectivity index (χ2n) is 4.61. The van der Waals surface area contributed by atoms with Crippen molar-refractivity contribution in [1.29, 1.82) is 5.26 Å². The van der Waals surface area contributed by atoms with E-state index in [1.165, 1.54) is 0 Å². The van der Waals surface area contributed by atoms with Crippen molar-refractivity contribution in [2.24, 2.45) is 0 Å². The molecule has 0 N–H and O–H groups in total. The second kappa shape index (κ2) is 6.60. The van der Waals surface area contributed by atoms with Crippen LogP contribution in [0.25, 0.3) is 0 Å². The molecule has 1 aromatic carbocycles. The number of ketones is 1. The van der Waals surface area contributed by atoms with Gasteiger partial charge in [0.05, 0.1) is 23.9 Å². The van der Waals surface area contributed by atoms with Crippen LogP contribution in [-0.2, 0) is 6.54 Å². The van der Waals surface area contributed by atoms with Crippen LogP contribution in [0.3, 0.4) is 0 Å². The van der Waals surface area contributed by atoms with Gasteiger partial charge in [-0.3, -0.25) is 14.7 Å². The normalized spacial score (nSPS) is 10.2. The molecule has 0 fully saturated rings. The molecule has 0 aliphatic carbocycles. The lowest BCUT2D eigenvalue weighted by Gasteiger charge is -2.15. The van der Waals surface area contributed by atoms with Gasteiger partial charge in [-0.25, -0.2) is 0 Å². The Morgan fingerprint density at radius 2 is 2.00 bits per heavy atom. The molecular weight excluding hydrogens is 250 g/mol. The van der Waals surface area contributed by atoms with E-state index < -0.39 is 0 Å². The van der Waals surface area contributed by atoms with E-state index in [1.807, 2.05) is 36.2 Å². The monoisotopic (exact) mass is 265 g/mol. The third-order valence-corrected chi connectivity index (χ3v) is 2.91. The second-order valence-corrected chi connectivity index (χ2v) is 4.61. The summed E-state index contributed by atoms with van der Waals surface area (Å²) in [5.74, 6) is 0.0351. The average Bonchev–Trinajstić information content (AvgIpc) is 2.48. The molecule has 0 spiro atoms. The number of hydrogen-bond donors (Lipinski definition) is 0. The molecule has 1 aromatic heterocycles. The van der Waals surface area contributed by atoms with Gasteiger partial charge in [-0.05, 0) is 31.3 Å². The van der Waals surface area contributed by atoms with Crippen LogP contribution < -0.4 is 0 Å². The van der Waals surface area contributed by atoms with Crippen LogP contribution in [0.4, 0.5) is 0 Å². The van der Waals surface area contributed by atoms with Crippen molar-refractivity contribution < 1.29 is 4.79 Å². The fourth-order valence-corrected chi connectivity index (χ4v) is 1.89. The van der Waals surface area contributed by atoms with Crippen LogP contribution in [0.5, 0.6) is 0 Å². The number of rotatable bonds is 5. The van der Waals surface area contributed by atoms with Crippen molar-refractivity contribution in [2.45, 2.75) is 6.54 Å². The molecule has 100 valence electrons. The summed E-state index contributed by atoms with van der Waals surface area (Å²) in [6.45, 7) is 0.950. The van der Waals surface area contributed by atoms with Gasteiger partial charge in [0, 0.05) is 18.3 Å². The highest BCUT2D eigenvalue weighted by Crippen LogP contribution is 2.06. The SMILES string of the molecule is CN(CC(=O)c1ccc(C#N)cc1)Cc1ccccn1. The minimum absolute atomic E-state index is 0.0351. The Labute approximate surface area is 118 Å². The molecule has 0 bridgehead atoms. The molecule has 0 saturated carbocycles. The van der Waals surface area contributed by atoms with E-state index in [-0.39, 0.29) is 5.78 Å². The molecule has 2 aromatic rings. The van der Waals surface area contributed by atoms with E-state index in [0.29, 0.717) is 24.2 Å². The highest BCUT2D eigenvalue weighted by Gasteiger charge is 2.10. The predicted octanol–water partition coefficient (Wildman–Crippen LogP) is 2.27. The molecule has 0 aliphatic rings. The van der Waals surface area contributed by atoms with Crippen LogP contribution in [0, 0.1) is 11.3 Å². The van der Waals surface area contributed by atoms with E-state index in [1.54, 1.807) is 30.5 Å². The van der Waals surface area contributed by atoms with Gasteiger partial charge >= 0.3 is 0 Å². The Balaban J connectivity index is 1.95. The number of likely N-dealkylation sites (N-methyl/N-ethyl adjacent to an activating group) is 1. The van der Waals surface area contributed by atoms with Crippen molar-refractivity contribution in [3.8, 4) is 6.07 Å². The summed E-state index contributed by atoms with van der Waals surface area (Å²) >= 11 is 0. The largest absolute Gasteiger partial charge is 0.293 e. The molecule has 1 heterocycles. The smallest absolute Gasteiger partial charge is 0.176 e. The molecule has 0 saturated heterocycles. The Morgan fingerprint density at radius 1 is 1.25 bits per heavy atom. The van der Waals surface area contributed by atoms with E-state index >= 15 is 0 Å². The number of pyridine rings is 1. The van der Waals surface area contributed by atoms with Crippen LogP contribution in [0.2, 0.25) is 0 Å². The topological polar surface area (TPSA) is 57.0 Å². The molecule has 4 nitrogen and oxygen atoms in total. The molecule has 20 heavy (non-hydrogen) atoms. The van der Waals surface area contributed by atoms with E-state index in [0.717, 1.165) is 5.69 Å². The highest BCUT2D eigenvalue weighted by atomic mass is 16.1. The van der Waals surface area contributed by atoms with Gasteiger partial charge in [-0.1, -0.05) is 18.2 Å². The first-order chi connectivity index (χ1) is 9.69. The first-order valence-electron chi connectivity index (χ1n) is 6.31. The van der Waals surface area contributed by atoms with Crippen molar-refractivity contribution >= 4 is 5.78 Å². The van der Waals surface area contributed by atoms with Gasteiger partial charge in [0.1, 0.15) is 0 Å². The van der Waals surface area contributed by atoms with E-state index in [2.05, 4.69) is 4.98 Å². The van der Waals surface area contributed by atoms with Gasteiger partial charge in [0.2, 0.25) is 0 Å². The quantitative estimate of drug-likeness (QED) is 0.778. The summed E-state index contributed by atoms with van der Waals surface area (Å²) in [5.41, 5.74) is 2.11. The molecule has 0 aliphatic heterocycles. The number of carbonyl (C=O) groups excluding carboxylic acids is 1. The third kappa shape index (κ3) is 3.74. The molecule has 0 atom stereocenters. The maximum Gasteiger partial charge on any atom is 0.176 e. The molecule has 0 unspecified atom stereocenters.